The Bertz CT molecular complexity index is 354. The van der Waals surface area contributed by atoms with E-state index in [-0.39, 0.29) is 12.7 Å². The predicted molar refractivity (Wildman–Crippen MR) is 62.5 cm³/mol. The van der Waals surface area contributed by atoms with Crippen molar-refractivity contribution in [3.05, 3.63) is 24.3 Å². The highest BCUT2D eigenvalue weighted by molar-refractivity contribution is 5.41. The molecule has 5 nitrogen and oxygen atoms in total. The van der Waals surface area contributed by atoms with Crippen molar-refractivity contribution in [2.45, 2.75) is 31.3 Å². The second kappa shape index (κ2) is 5.35. The van der Waals surface area contributed by atoms with Crippen LogP contribution in [-0.2, 0) is 4.74 Å². The van der Waals surface area contributed by atoms with Crippen LogP contribution in [-0.4, -0.2) is 35.3 Å². The summed E-state index contributed by atoms with van der Waals surface area (Å²) in [6, 6.07) is 6.87. The Morgan fingerprint density at radius 2 is 2.00 bits per heavy atom. The topological polar surface area (TPSA) is 84.9 Å². The van der Waals surface area contributed by atoms with Gasteiger partial charge in [0.25, 0.3) is 0 Å². The molecule has 1 aliphatic rings. The fraction of sp³-hybridized carbons (Fsp3) is 0.500. The van der Waals surface area contributed by atoms with Gasteiger partial charge in [0.15, 0.2) is 0 Å². The van der Waals surface area contributed by atoms with Crippen molar-refractivity contribution < 1.29 is 19.7 Å². The molecule has 0 aliphatic carbocycles. The molecule has 1 heterocycles. The smallest absolute Gasteiger partial charge is 0.226 e. The van der Waals surface area contributed by atoms with Crippen LogP contribution in [0, 0.1) is 0 Å². The fourth-order valence-electron chi connectivity index (χ4n) is 1.76. The van der Waals surface area contributed by atoms with E-state index < -0.39 is 12.4 Å². The van der Waals surface area contributed by atoms with E-state index in [1.165, 1.54) is 0 Å². The van der Waals surface area contributed by atoms with Gasteiger partial charge >= 0.3 is 0 Å². The Hall–Kier alpha value is -1.30. The molecule has 94 valence electrons. The molecule has 0 bridgehead atoms. The molecule has 3 atom stereocenters. The van der Waals surface area contributed by atoms with Crippen LogP contribution in [0.2, 0.25) is 0 Å². The molecule has 0 amide bonds. The fourth-order valence-corrected chi connectivity index (χ4v) is 1.76. The number of ether oxygens (including phenoxy) is 2. The van der Waals surface area contributed by atoms with Gasteiger partial charge in [0.1, 0.15) is 11.9 Å². The Balaban J connectivity index is 1.98. The van der Waals surface area contributed by atoms with Crippen LogP contribution >= 0.6 is 0 Å². The SMILES string of the molecule is Nc1ccc(OC2OC(CO)CCC2O)cc1. The Morgan fingerprint density at radius 1 is 1.29 bits per heavy atom. The second-order valence-electron chi connectivity index (χ2n) is 4.14. The highest BCUT2D eigenvalue weighted by Crippen LogP contribution is 2.23. The number of hydrogen-bond donors (Lipinski definition) is 3. The standard InChI is InChI=1S/C12H17NO4/c13-8-1-3-9(4-2-8)16-12-11(15)6-5-10(7-14)17-12/h1-4,10-12,14-15H,5-7,13H2. The van der Waals surface area contributed by atoms with Crippen molar-refractivity contribution in [2.24, 2.45) is 0 Å². The van der Waals surface area contributed by atoms with Gasteiger partial charge in [-0.15, -0.1) is 0 Å². The van der Waals surface area contributed by atoms with E-state index in [0.717, 1.165) is 0 Å². The van der Waals surface area contributed by atoms with Gasteiger partial charge in [-0.05, 0) is 37.1 Å². The van der Waals surface area contributed by atoms with Crippen molar-refractivity contribution in [1.29, 1.82) is 0 Å². The first kappa shape index (κ1) is 12.2. The van der Waals surface area contributed by atoms with E-state index >= 15 is 0 Å². The van der Waals surface area contributed by atoms with Gasteiger partial charge in [-0.3, -0.25) is 0 Å². The summed E-state index contributed by atoms with van der Waals surface area (Å²) in [4.78, 5) is 0. The molecule has 0 aromatic heterocycles. The summed E-state index contributed by atoms with van der Waals surface area (Å²) in [6.07, 6.45) is -0.471. The van der Waals surface area contributed by atoms with Crippen molar-refractivity contribution >= 4 is 5.69 Å². The van der Waals surface area contributed by atoms with Crippen molar-refractivity contribution in [2.75, 3.05) is 12.3 Å². The van der Waals surface area contributed by atoms with Gasteiger partial charge < -0.3 is 25.4 Å². The molecule has 1 fully saturated rings. The lowest BCUT2D eigenvalue weighted by atomic mass is 10.1. The predicted octanol–water partition coefficient (Wildman–Crippen LogP) is 0.506. The number of nitrogens with two attached hydrogens (primary N) is 1. The van der Waals surface area contributed by atoms with E-state index in [1.54, 1.807) is 24.3 Å². The first-order valence-corrected chi connectivity index (χ1v) is 5.65. The Morgan fingerprint density at radius 3 is 2.65 bits per heavy atom. The first-order chi connectivity index (χ1) is 8.19. The summed E-state index contributed by atoms with van der Waals surface area (Å²) in [6.45, 7) is -0.0612. The van der Waals surface area contributed by atoms with Crippen LogP contribution in [0.1, 0.15) is 12.8 Å². The van der Waals surface area contributed by atoms with E-state index in [9.17, 15) is 5.11 Å². The highest BCUT2D eigenvalue weighted by Gasteiger charge is 2.31. The molecule has 1 aromatic carbocycles. The van der Waals surface area contributed by atoms with Gasteiger partial charge in [0.2, 0.25) is 6.29 Å². The van der Waals surface area contributed by atoms with Crippen LogP contribution in [0.15, 0.2) is 24.3 Å². The summed E-state index contributed by atoms with van der Waals surface area (Å²) in [7, 11) is 0. The van der Waals surface area contributed by atoms with Crippen molar-refractivity contribution in [1.82, 2.24) is 0 Å². The maximum absolute atomic E-state index is 9.74. The molecule has 0 saturated carbocycles. The average molecular weight is 239 g/mol. The molecule has 3 unspecified atom stereocenters. The minimum atomic E-state index is -0.732. The number of aliphatic hydroxyl groups excluding tert-OH is 2. The lowest BCUT2D eigenvalue weighted by Crippen LogP contribution is -2.43. The van der Waals surface area contributed by atoms with E-state index in [1.807, 2.05) is 0 Å². The zero-order chi connectivity index (χ0) is 12.3. The molecule has 1 saturated heterocycles. The molecule has 1 aromatic rings. The van der Waals surface area contributed by atoms with Gasteiger partial charge in [0, 0.05) is 5.69 Å². The molecule has 1 aliphatic heterocycles. The van der Waals surface area contributed by atoms with Crippen LogP contribution in [0.4, 0.5) is 5.69 Å². The molecular weight excluding hydrogens is 222 g/mol. The molecule has 17 heavy (non-hydrogen) atoms. The third kappa shape index (κ3) is 3.09. The van der Waals surface area contributed by atoms with Crippen molar-refractivity contribution in [3.8, 4) is 5.75 Å². The Kier molecular flexibility index (Phi) is 3.83. The quantitative estimate of drug-likeness (QED) is 0.669. The van der Waals surface area contributed by atoms with Crippen LogP contribution in [0.5, 0.6) is 5.75 Å². The Labute approximate surface area is 99.8 Å². The minimum Gasteiger partial charge on any atom is -0.462 e. The number of anilines is 1. The summed E-state index contributed by atoms with van der Waals surface area (Å²) in [5.41, 5.74) is 6.21. The number of rotatable bonds is 3. The molecule has 4 N–H and O–H groups in total. The number of nitrogen functional groups attached to an aromatic ring is 1. The zero-order valence-electron chi connectivity index (χ0n) is 9.45. The highest BCUT2D eigenvalue weighted by atomic mass is 16.7. The third-order valence-electron chi connectivity index (χ3n) is 2.76. The van der Waals surface area contributed by atoms with Gasteiger partial charge in [-0.25, -0.2) is 0 Å². The maximum Gasteiger partial charge on any atom is 0.226 e. The third-order valence-corrected chi connectivity index (χ3v) is 2.76. The monoisotopic (exact) mass is 239 g/mol. The number of benzene rings is 1. The largest absolute Gasteiger partial charge is 0.462 e. The second-order valence-corrected chi connectivity index (χ2v) is 4.14. The van der Waals surface area contributed by atoms with Crippen LogP contribution in [0.3, 0.4) is 0 Å². The normalized spacial score (nSPS) is 28.9. The number of aliphatic hydroxyl groups is 2. The van der Waals surface area contributed by atoms with E-state index in [2.05, 4.69) is 0 Å². The molecule has 2 rings (SSSR count). The van der Waals surface area contributed by atoms with Crippen LogP contribution in [0.25, 0.3) is 0 Å². The lowest BCUT2D eigenvalue weighted by Gasteiger charge is -2.32. The maximum atomic E-state index is 9.74. The average Bonchev–Trinajstić information content (AvgIpc) is 2.35. The summed E-state index contributed by atoms with van der Waals surface area (Å²) >= 11 is 0. The summed E-state index contributed by atoms with van der Waals surface area (Å²) < 4.78 is 10.9. The zero-order valence-corrected chi connectivity index (χ0v) is 9.45. The summed E-state index contributed by atoms with van der Waals surface area (Å²) in [5, 5.41) is 18.8. The summed E-state index contributed by atoms with van der Waals surface area (Å²) in [5.74, 6) is 0.585. The molecule has 0 spiro atoms. The lowest BCUT2D eigenvalue weighted by molar-refractivity contribution is -0.208. The molecule has 0 radical (unpaired) electrons. The first-order valence-electron chi connectivity index (χ1n) is 5.65. The van der Waals surface area contributed by atoms with Crippen molar-refractivity contribution in [3.63, 3.8) is 0 Å². The van der Waals surface area contributed by atoms with Gasteiger partial charge in [-0.1, -0.05) is 0 Å². The van der Waals surface area contributed by atoms with Gasteiger partial charge in [0.05, 0.1) is 12.7 Å². The van der Waals surface area contributed by atoms with Gasteiger partial charge in [-0.2, -0.15) is 0 Å². The molecule has 5 heteroatoms. The molecular formula is C12H17NO4. The minimum absolute atomic E-state index is 0.0612. The van der Waals surface area contributed by atoms with E-state index in [4.69, 9.17) is 20.3 Å². The number of hydrogen-bond acceptors (Lipinski definition) is 5. The van der Waals surface area contributed by atoms with Crippen LogP contribution < -0.4 is 10.5 Å². The van der Waals surface area contributed by atoms with E-state index in [0.29, 0.717) is 24.3 Å².